The van der Waals surface area contributed by atoms with E-state index in [1.54, 1.807) is 6.26 Å². The molecule has 1 heterocycles. The molecule has 0 aliphatic rings. The van der Waals surface area contributed by atoms with Crippen LogP contribution >= 0.6 is 0 Å². The van der Waals surface area contributed by atoms with Gasteiger partial charge in [-0.2, -0.15) is 0 Å². The third kappa shape index (κ3) is 1.92. The summed E-state index contributed by atoms with van der Waals surface area (Å²) in [6, 6.07) is 3.94. The zero-order chi connectivity index (χ0) is 6.69. The van der Waals surface area contributed by atoms with E-state index < -0.39 is 0 Å². The topological polar surface area (TPSA) is 13.1 Å². The van der Waals surface area contributed by atoms with E-state index in [0.717, 1.165) is 12.2 Å². The molecule has 0 saturated heterocycles. The van der Waals surface area contributed by atoms with E-state index in [1.807, 2.05) is 12.1 Å². The highest BCUT2D eigenvalue weighted by Gasteiger charge is 1.97. The third-order valence-electron chi connectivity index (χ3n) is 1.19. The molecule has 0 aliphatic heterocycles. The smallest absolute Gasteiger partial charge is 0.104 e. The Kier molecular flexibility index (Phi) is 1.93. The molecule has 0 aliphatic carbocycles. The minimum absolute atomic E-state index is 0.691. The fraction of sp³-hybridized carbons (Fsp3) is 0.500. The molecule has 50 valence electrons. The Morgan fingerprint density at radius 2 is 2.33 bits per heavy atom. The van der Waals surface area contributed by atoms with Gasteiger partial charge in [0.05, 0.1) is 6.26 Å². The number of furan rings is 1. The first kappa shape index (κ1) is 6.40. The number of hydrogen-bond donors (Lipinski definition) is 0. The van der Waals surface area contributed by atoms with Crippen molar-refractivity contribution in [2.45, 2.75) is 20.3 Å². The molecular formula is C8H12O. The van der Waals surface area contributed by atoms with Crippen molar-refractivity contribution in [3.8, 4) is 0 Å². The summed E-state index contributed by atoms with van der Waals surface area (Å²) in [6.45, 7) is 4.37. The molecule has 1 nitrogen and oxygen atoms in total. The van der Waals surface area contributed by atoms with Crippen LogP contribution in [0, 0.1) is 5.92 Å². The van der Waals surface area contributed by atoms with Gasteiger partial charge in [-0.1, -0.05) is 13.8 Å². The van der Waals surface area contributed by atoms with E-state index in [9.17, 15) is 0 Å². The van der Waals surface area contributed by atoms with Crippen molar-refractivity contribution in [1.29, 1.82) is 0 Å². The van der Waals surface area contributed by atoms with Gasteiger partial charge in [0.1, 0.15) is 5.76 Å². The maximum absolute atomic E-state index is 5.14. The molecule has 1 rings (SSSR count). The largest absolute Gasteiger partial charge is 0.469 e. The van der Waals surface area contributed by atoms with Gasteiger partial charge in [0.25, 0.3) is 0 Å². The van der Waals surface area contributed by atoms with Gasteiger partial charge < -0.3 is 4.42 Å². The summed E-state index contributed by atoms with van der Waals surface area (Å²) in [5.74, 6) is 1.78. The summed E-state index contributed by atoms with van der Waals surface area (Å²) in [6.07, 6.45) is 2.77. The Morgan fingerprint density at radius 1 is 1.56 bits per heavy atom. The zero-order valence-electron chi connectivity index (χ0n) is 5.92. The molecule has 0 aromatic carbocycles. The zero-order valence-corrected chi connectivity index (χ0v) is 5.92. The van der Waals surface area contributed by atoms with E-state index in [2.05, 4.69) is 13.8 Å². The van der Waals surface area contributed by atoms with Crippen LogP contribution in [0.5, 0.6) is 0 Å². The first-order valence-electron chi connectivity index (χ1n) is 3.31. The summed E-state index contributed by atoms with van der Waals surface area (Å²) in [5, 5.41) is 0. The molecule has 0 amide bonds. The van der Waals surface area contributed by atoms with Crippen molar-refractivity contribution in [3.05, 3.63) is 24.2 Å². The maximum atomic E-state index is 5.14. The molecule has 0 fully saturated rings. The lowest BCUT2D eigenvalue weighted by Crippen LogP contribution is -1.90. The summed E-state index contributed by atoms with van der Waals surface area (Å²) >= 11 is 0. The van der Waals surface area contributed by atoms with Crippen LogP contribution in [-0.4, -0.2) is 0 Å². The Bertz CT molecular complexity index is 151. The van der Waals surface area contributed by atoms with Gasteiger partial charge in [-0.3, -0.25) is 0 Å². The lowest BCUT2D eigenvalue weighted by Gasteiger charge is -1.97. The Balaban J connectivity index is 2.48. The minimum atomic E-state index is 0.691. The van der Waals surface area contributed by atoms with Crippen molar-refractivity contribution in [2.75, 3.05) is 0 Å². The maximum Gasteiger partial charge on any atom is 0.104 e. The lowest BCUT2D eigenvalue weighted by atomic mass is 10.1. The van der Waals surface area contributed by atoms with Gasteiger partial charge in [0.2, 0.25) is 0 Å². The molecule has 0 unspecified atom stereocenters. The van der Waals surface area contributed by atoms with Crippen molar-refractivity contribution < 1.29 is 4.42 Å². The lowest BCUT2D eigenvalue weighted by molar-refractivity contribution is 0.472. The van der Waals surface area contributed by atoms with Crippen molar-refractivity contribution in [2.24, 2.45) is 5.92 Å². The molecule has 0 atom stereocenters. The van der Waals surface area contributed by atoms with Gasteiger partial charge in [-0.05, 0) is 18.1 Å². The third-order valence-corrected chi connectivity index (χ3v) is 1.19. The predicted octanol–water partition coefficient (Wildman–Crippen LogP) is 2.48. The van der Waals surface area contributed by atoms with Crippen LogP contribution in [-0.2, 0) is 6.42 Å². The van der Waals surface area contributed by atoms with E-state index in [-0.39, 0.29) is 0 Å². The molecule has 0 spiro atoms. The van der Waals surface area contributed by atoms with Crippen molar-refractivity contribution in [3.63, 3.8) is 0 Å². The van der Waals surface area contributed by atoms with E-state index in [0.29, 0.717) is 5.92 Å². The minimum Gasteiger partial charge on any atom is -0.469 e. The quantitative estimate of drug-likeness (QED) is 0.590. The van der Waals surface area contributed by atoms with Crippen molar-refractivity contribution in [1.82, 2.24) is 0 Å². The molecule has 1 aromatic rings. The second-order valence-electron chi connectivity index (χ2n) is 2.68. The Labute approximate surface area is 55.7 Å². The monoisotopic (exact) mass is 124 g/mol. The van der Waals surface area contributed by atoms with Crippen LogP contribution in [0.25, 0.3) is 0 Å². The Hall–Kier alpha value is -0.720. The highest BCUT2D eigenvalue weighted by molar-refractivity contribution is 4.98. The van der Waals surface area contributed by atoms with Gasteiger partial charge in [0.15, 0.2) is 0 Å². The Morgan fingerprint density at radius 3 is 2.78 bits per heavy atom. The number of rotatable bonds is 2. The van der Waals surface area contributed by atoms with E-state index >= 15 is 0 Å². The first-order valence-corrected chi connectivity index (χ1v) is 3.31. The highest BCUT2D eigenvalue weighted by Crippen LogP contribution is 2.06. The van der Waals surface area contributed by atoms with Gasteiger partial charge in [-0.15, -0.1) is 0 Å². The SMILES string of the molecule is CC(C)Cc1ccco1. The van der Waals surface area contributed by atoms with Gasteiger partial charge in [-0.25, -0.2) is 0 Å². The van der Waals surface area contributed by atoms with Crippen LogP contribution < -0.4 is 0 Å². The normalized spacial score (nSPS) is 10.6. The average Bonchev–Trinajstić information content (AvgIpc) is 2.15. The summed E-state index contributed by atoms with van der Waals surface area (Å²) in [4.78, 5) is 0. The molecular weight excluding hydrogens is 112 g/mol. The molecule has 1 heteroatoms. The molecule has 1 aromatic heterocycles. The van der Waals surface area contributed by atoms with Gasteiger partial charge >= 0.3 is 0 Å². The second-order valence-corrected chi connectivity index (χ2v) is 2.68. The van der Waals surface area contributed by atoms with E-state index in [4.69, 9.17) is 4.42 Å². The standard InChI is InChI=1S/C8H12O/c1-7(2)6-8-4-3-5-9-8/h3-5,7H,6H2,1-2H3. The van der Waals surface area contributed by atoms with Gasteiger partial charge in [0, 0.05) is 6.42 Å². The molecule has 0 radical (unpaired) electrons. The van der Waals surface area contributed by atoms with Crippen LogP contribution in [0.1, 0.15) is 19.6 Å². The molecule has 0 N–H and O–H groups in total. The highest BCUT2D eigenvalue weighted by atomic mass is 16.3. The first-order chi connectivity index (χ1) is 4.29. The van der Waals surface area contributed by atoms with E-state index in [1.165, 1.54) is 0 Å². The second kappa shape index (κ2) is 2.72. The summed E-state index contributed by atoms with van der Waals surface area (Å²) in [7, 11) is 0. The average molecular weight is 124 g/mol. The van der Waals surface area contributed by atoms with Crippen LogP contribution in [0.2, 0.25) is 0 Å². The number of hydrogen-bond acceptors (Lipinski definition) is 1. The van der Waals surface area contributed by atoms with Crippen LogP contribution in [0.3, 0.4) is 0 Å². The predicted molar refractivity (Wildman–Crippen MR) is 37.2 cm³/mol. The van der Waals surface area contributed by atoms with Crippen LogP contribution in [0.15, 0.2) is 22.8 Å². The fourth-order valence-electron chi connectivity index (χ4n) is 0.831. The molecule has 0 saturated carbocycles. The molecule has 0 bridgehead atoms. The summed E-state index contributed by atoms with van der Waals surface area (Å²) < 4.78 is 5.14. The fourth-order valence-corrected chi connectivity index (χ4v) is 0.831. The van der Waals surface area contributed by atoms with Crippen molar-refractivity contribution >= 4 is 0 Å². The van der Waals surface area contributed by atoms with Crippen LogP contribution in [0.4, 0.5) is 0 Å². The molecule has 9 heavy (non-hydrogen) atoms. The summed E-state index contributed by atoms with van der Waals surface area (Å²) in [5.41, 5.74) is 0.